The van der Waals surface area contributed by atoms with Crippen LogP contribution in [0.3, 0.4) is 0 Å². The first-order valence-corrected chi connectivity index (χ1v) is 17.3. The van der Waals surface area contributed by atoms with Crippen LogP contribution in [0, 0.1) is 0 Å². The highest BCUT2D eigenvalue weighted by Crippen LogP contribution is 2.68. The van der Waals surface area contributed by atoms with Crippen LogP contribution in [0.25, 0.3) is 0 Å². The van der Waals surface area contributed by atoms with Crippen LogP contribution in [0.4, 0.5) is 158 Å². The Labute approximate surface area is 341 Å². The molecule has 0 fully saturated rings. The molecule has 2 atom stereocenters. The van der Waals surface area contributed by atoms with E-state index >= 15 is 0 Å². The fourth-order valence-electron chi connectivity index (χ4n) is 4.54. The van der Waals surface area contributed by atoms with Gasteiger partial charge in [0.2, 0.25) is 0 Å². The maximum Gasteiger partial charge on any atom is 0.425 e. The quantitative estimate of drug-likeness (QED) is 0.0899. The SMILES string of the molecule is CC[N+](CC)(CC)CC.O=S(=O)(C(F)(F)C(F)(F)C(F)(F)C(F)(F)C(F)(F)C(F)(F)C(F)(F)C(F)C(F)(F)F)C(F)(F)C(F)(F)C(F)(F)C(F)(F)C(F)(F)C(F)(F)C(F)(F)C(F)C(F)(F)F. The van der Waals surface area contributed by atoms with Gasteiger partial charge in [0.15, 0.2) is 0 Å². The minimum atomic E-state index is -11.2. The molecule has 0 rings (SSSR count). The van der Waals surface area contributed by atoms with Crippen LogP contribution < -0.4 is 0 Å². The number of halogens is 36. The minimum Gasteiger partial charge on any atom is -0.325 e. The standard InChI is InChI=1S/C18H2F36O2S.C8H20N/c19-1(5(25,26)27)3(21,22)7(31,32)9(35,36)11(39,40)13(43,44)15(47,48)17(51,52)57(55,56)18(53,54)16(49,50)14(45,46)12(41,42)10(37,38)8(33,34)4(23,24)2(20)6(28,29)30;1-5-9(6-2,7-3)8-4/h1-2H;5-8H2,1-4H3/q;+1. The first-order chi connectivity index (χ1) is 28.1. The normalized spacial score (nSPS) is 17.3. The van der Waals surface area contributed by atoms with E-state index in [1.807, 2.05) is 0 Å². The third kappa shape index (κ3) is 8.81. The lowest BCUT2D eigenvalue weighted by Crippen LogP contribution is -2.77. The predicted molar refractivity (Wildman–Crippen MR) is 143 cm³/mol. The summed E-state index contributed by atoms with van der Waals surface area (Å²) in [6.45, 7) is 14.2. The molecule has 0 saturated heterocycles. The van der Waals surface area contributed by atoms with E-state index in [2.05, 4.69) is 27.7 Å². The zero-order chi connectivity index (χ0) is 55.0. The van der Waals surface area contributed by atoms with Gasteiger partial charge >= 0.3 is 93.9 Å². The summed E-state index contributed by atoms with van der Waals surface area (Å²) < 4.78 is 504. The molecule has 0 aromatic rings. The van der Waals surface area contributed by atoms with Crippen molar-refractivity contribution in [3.8, 4) is 0 Å². The van der Waals surface area contributed by atoms with Gasteiger partial charge in [-0.2, -0.15) is 149 Å². The molecule has 40 heteroatoms. The van der Waals surface area contributed by atoms with Crippen molar-refractivity contribution in [2.75, 3.05) is 26.2 Å². The fraction of sp³-hybridized carbons (Fsp3) is 1.00. The van der Waals surface area contributed by atoms with Gasteiger partial charge in [0.25, 0.3) is 22.2 Å². The predicted octanol–water partition coefficient (Wildman–Crippen LogP) is 12.9. The molecular weight excluding hydrogens is 1070 g/mol. The van der Waals surface area contributed by atoms with Gasteiger partial charge in [0, 0.05) is 0 Å². The monoisotopic (exact) mass is 1100 g/mol. The largest absolute Gasteiger partial charge is 0.425 e. The lowest BCUT2D eigenvalue weighted by atomic mass is 9.89. The van der Waals surface area contributed by atoms with E-state index < -0.39 is 116 Å². The Balaban J connectivity index is 0. The number of rotatable bonds is 20. The van der Waals surface area contributed by atoms with E-state index in [1.54, 1.807) is 0 Å². The van der Waals surface area contributed by atoms with Crippen molar-refractivity contribution in [1.29, 1.82) is 0 Å². The molecule has 0 aliphatic rings. The summed E-state index contributed by atoms with van der Waals surface area (Å²) in [4.78, 5) is 0. The molecular formula is C26H22F36NO2S+. The van der Waals surface area contributed by atoms with Crippen LogP contribution in [0.2, 0.25) is 0 Å². The van der Waals surface area contributed by atoms with Crippen LogP contribution in [-0.2, 0) is 9.84 Å². The summed E-state index contributed by atoms with van der Waals surface area (Å²) in [5, 5.41) is -20.2. The van der Waals surface area contributed by atoms with Gasteiger partial charge in [-0.15, -0.1) is 0 Å². The van der Waals surface area contributed by atoms with Gasteiger partial charge in [0.1, 0.15) is 0 Å². The third-order valence-corrected chi connectivity index (χ3v) is 11.2. The summed E-state index contributed by atoms with van der Waals surface area (Å²) in [7, 11) is -11.2. The molecule has 0 aromatic carbocycles. The maximum absolute atomic E-state index is 14.0. The first kappa shape index (κ1) is 65.5. The molecule has 2 unspecified atom stereocenters. The van der Waals surface area contributed by atoms with Gasteiger partial charge in [-0.1, -0.05) is 0 Å². The highest BCUT2D eigenvalue weighted by atomic mass is 32.2. The highest BCUT2D eigenvalue weighted by Gasteiger charge is 3.00. The minimum absolute atomic E-state index is 1.28. The average Bonchev–Trinajstić information content (AvgIpc) is 3.13. The molecule has 0 heterocycles. The Morgan fingerprint density at radius 1 is 0.303 bits per heavy atom. The Kier molecular flexibility index (Phi) is 17.5. The summed E-state index contributed by atoms with van der Waals surface area (Å²) >= 11 is 0. The molecule has 0 bridgehead atoms. The zero-order valence-corrected chi connectivity index (χ0v) is 32.1. The van der Waals surface area contributed by atoms with Gasteiger partial charge < -0.3 is 4.48 Å². The number of quaternary nitrogens is 1. The van der Waals surface area contributed by atoms with E-state index in [1.165, 1.54) is 30.7 Å². The third-order valence-electron chi connectivity index (χ3n) is 9.29. The van der Waals surface area contributed by atoms with Gasteiger partial charge in [0.05, 0.1) is 26.2 Å². The van der Waals surface area contributed by atoms with E-state index in [0.717, 1.165) is 0 Å². The summed E-state index contributed by atoms with van der Waals surface area (Å²) in [6.07, 6.45) is -29.6. The average molecular weight is 1100 g/mol. The van der Waals surface area contributed by atoms with Crippen LogP contribution in [-0.4, -0.2) is 145 Å². The van der Waals surface area contributed by atoms with Crippen LogP contribution in [0.15, 0.2) is 0 Å². The molecule has 400 valence electrons. The van der Waals surface area contributed by atoms with Gasteiger partial charge in [-0.25, -0.2) is 17.2 Å². The Morgan fingerprint density at radius 3 is 0.591 bits per heavy atom. The fourth-order valence-corrected chi connectivity index (χ4v) is 5.79. The van der Waals surface area contributed by atoms with Crippen molar-refractivity contribution < 1.29 is 171 Å². The summed E-state index contributed by atoms with van der Waals surface area (Å²) in [5.74, 6) is -116. The molecule has 0 amide bonds. The number of hydrogen-bond acceptors (Lipinski definition) is 2. The van der Waals surface area contributed by atoms with E-state index in [0.29, 0.717) is 0 Å². The highest BCUT2D eigenvalue weighted by molar-refractivity contribution is 7.93. The lowest BCUT2D eigenvalue weighted by Gasteiger charge is -2.44. The van der Waals surface area contributed by atoms with Crippen molar-refractivity contribution in [3.63, 3.8) is 0 Å². The molecule has 0 saturated carbocycles. The van der Waals surface area contributed by atoms with Crippen LogP contribution in [0.1, 0.15) is 27.7 Å². The first-order valence-electron chi connectivity index (χ1n) is 15.9. The van der Waals surface area contributed by atoms with E-state index in [4.69, 9.17) is 0 Å². The number of alkyl halides is 36. The van der Waals surface area contributed by atoms with E-state index in [9.17, 15) is 166 Å². The molecule has 0 aliphatic carbocycles. The number of hydrogen-bond donors (Lipinski definition) is 0. The Bertz CT molecular complexity index is 1630. The zero-order valence-electron chi connectivity index (χ0n) is 31.3. The van der Waals surface area contributed by atoms with Gasteiger partial charge in [-0.05, 0) is 27.7 Å². The number of sulfone groups is 1. The molecule has 0 radical (unpaired) electrons. The molecule has 0 aromatic heterocycles. The molecule has 0 N–H and O–H groups in total. The molecule has 0 spiro atoms. The summed E-state index contributed by atoms with van der Waals surface area (Å²) in [5.41, 5.74) is 0. The van der Waals surface area contributed by atoms with Crippen molar-refractivity contribution in [3.05, 3.63) is 0 Å². The van der Waals surface area contributed by atoms with Gasteiger partial charge in [-0.3, -0.25) is 0 Å². The Morgan fingerprint density at radius 2 is 0.455 bits per heavy atom. The van der Waals surface area contributed by atoms with Crippen molar-refractivity contribution in [2.45, 2.75) is 134 Å². The maximum atomic E-state index is 14.0. The van der Waals surface area contributed by atoms with Crippen molar-refractivity contribution in [1.82, 2.24) is 0 Å². The second-order valence-corrected chi connectivity index (χ2v) is 15.0. The summed E-state index contributed by atoms with van der Waals surface area (Å²) in [6, 6.07) is 0. The molecule has 0 aliphatic heterocycles. The smallest absolute Gasteiger partial charge is 0.325 e. The second kappa shape index (κ2) is 17.7. The van der Waals surface area contributed by atoms with Crippen LogP contribution in [0.5, 0.6) is 0 Å². The van der Waals surface area contributed by atoms with Crippen molar-refractivity contribution >= 4 is 9.84 Å². The second-order valence-electron chi connectivity index (χ2n) is 12.9. The molecule has 3 nitrogen and oxygen atoms in total. The van der Waals surface area contributed by atoms with Crippen LogP contribution >= 0.6 is 0 Å². The Hall–Kier alpha value is -2.61. The van der Waals surface area contributed by atoms with E-state index in [-0.39, 0.29) is 0 Å². The number of nitrogens with zero attached hydrogens (tertiary/aromatic N) is 1. The lowest BCUT2D eigenvalue weighted by molar-refractivity contribution is -0.921. The topological polar surface area (TPSA) is 34.1 Å². The van der Waals surface area contributed by atoms with Crippen molar-refractivity contribution in [2.24, 2.45) is 0 Å². The molecule has 66 heavy (non-hydrogen) atoms.